The third-order valence-corrected chi connectivity index (χ3v) is 4.46. The molecule has 4 nitrogen and oxygen atoms in total. The molecule has 7 heteroatoms. The fraction of sp³-hybridized carbons (Fsp3) is 0.231. The lowest BCUT2D eigenvalue weighted by Crippen LogP contribution is -2.09. The maximum Gasteiger partial charge on any atom is 0.229 e. The molecule has 0 spiro atoms. The summed E-state index contributed by atoms with van der Waals surface area (Å²) in [7, 11) is -3.29. The lowest BCUT2D eigenvalue weighted by molar-refractivity contribution is 0.607. The quantitative estimate of drug-likeness (QED) is 0.879. The molecule has 0 unspecified atom stereocenters. The van der Waals surface area contributed by atoms with E-state index in [1.54, 1.807) is 29.5 Å². The average molecular weight is 331 g/mol. The zero-order valence-electron chi connectivity index (χ0n) is 11.1. The molecule has 20 heavy (non-hydrogen) atoms. The molecule has 0 saturated heterocycles. The predicted octanol–water partition coefficient (Wildman–Crippen LogP) is 3.69. The van der Waals surface area contributed by atoms with Crippen molar-refractivity contribution in [3.8, 4) is 0 Å². The molecule has 0 aliphatic carbocycles. The van der Waals surface area contributed by atoms with Crippen molar-refractivity contribution in [2.24, 2.45) is 0 Å². The van der Waals surface area contributed by atoms with Crippen molar-refractivity contribution in [1.82, 2.24) is 0 Å². The lowest BCUT2D eigenvalue weighted by Gasteiger charge is -2.10. The molecule has 0 saturated carbocycles. The first-order valence-electron chi connectivity index (χ1n) is 5.90. The first-order valence-corrected chi connectivity index (χ1v) is 8.98. The number of anilines is 2. The summed E-state index contributed by atoms with van der Waals surface area (Å²) < 4.78 is 24.9. The van der Waals surface area contributed by atoms with Gasteiger partial charge in [-0.3, -0.25) is 4.72 Å². The molecule has 0 amide bonds. The number of sulfonamides is 1. The van der Waals surface area contributed by atoms with Gasteiger partial charge < -0.3 is 5.32 Å². The van der Waals surface area contributed by atoms with E-state index in [1.165, 1.54) is 9.75 Å². The largest absolute Gasteiger partial charge is 0.379 e. The Kier molecular flexibility index (Phi) is 4.57. The van der Waals surface area contributed by atoms with Gasteiger partial charge >= 0.3 is 0 Å². The Hall–Kier alpha value is -1.24. The Labute approximate surface area is 127 Å². The Morgan fingerprint density at radius 2 is 2.00 bits per heavy atom. The average Bonchev–Trinajstić information content (AvgIpc) is 2.74. The van der Waals surface area contributed by atoms with Gasteiger partial charge in [0.1, 0.15) is 0 Å². The molecule has 108 valence electrons. The maximum absolute atomic E-state index is 11.2. The predicted molar refractivity (Wildman–Crippen MR) is 86.3 cm³/mol. The summed E-state index contributed by atoms with van der Waals surface area (Å²) in [4.78, 5) is 2.44. The Bertz CT molecular complexity index is 711. The van der Waals surface area contributed by atoms with Crippen molar-refractivity contribution >= 4 is 44.3 Å². The second-order valence-electron chi connectivity index (χ2n) is 4.43. The van der Waals surface area contributed by atoms with Crippen molar-refractivity contribution in [3.63, 3.8) is 0 Å². The van der Waals surface area contributed by atoms with Gasteiger partial charge in [0.15, 0.2) is 0 Å². The molecule has 1 aromatic heterocycles. The minimum absolute atomic E-state index is 0.488. The minimum Gasteiger partial charge on any atom is -0.379 e. The van der Waals surface area contributed by atoms with Crippen LogP contribution in [0, 0.1) is 6.92 Å². The molecule has 0 bridgehead atoms. The number of thiophene rings is 1. The van der Waals surface area contributed by atoms with Gasteiger partial charge in [0.05, 0.1) is 22.7 Å². The van der Waals surface area contributed by atoms with E-state index in [1.807, 2.05) is 0 Å². The van der Waals surface area contributed by atoms with Crippen LogP contribution in [-0.4, -0.2) is 14.7 Å². The summed E-state index contributed by atoms with van der Waals surface area (Å²) in [5.74, 6) is 0. The SMILES string of the molecule is Cc1ccc(CNc2cc(NS(C)(=O)=O)ccc2Cl)s1. The van der Waals surface area contributed by atoms with Crippen molar-refractivity contribution < 1.29 is 8.42 Å². The van der Waals surface area contributed by atoms with Gasteiger partial charge in [-0.1, -0.05) is 11.6 Å². The van der Waals surface area contributed by atoms with Crippen LogP contribution in [0.1, 0.15) is 9.75 Å². The smallest absolute Gasteiger partial charge is 0.229 e. The van der Waals surface area contributed by atoms with Gasteiger partial charge in [-0.2, -0.15) is 0 Å². The second-order valence-corrected chi connectivity index (χ2v) is 7.96. The summed E-state index contributed by atoms with van der Waals surface area (Å²) in [5.41, 5.74) is 1.19. The molecule has 0 aliphatic rings. The first kappa shape index (κ1) is 15.2. The number of nitrogens with one attached hydrogen (secondary N) is 2. The monoisotopic (exact) mass is 330 g/mol. The van der Waals surface area contributed by atoms with Crippen LogP contribution in [0.5, 0.6) is 0 Å². The summed E-state index contributed by atoms with van der Waals surface area (Å²) in [6.45, 7) is 2.71. The van der Waals surface area contributed by atoms with Gasteiger partial charge in [-0.15, -0.1) is 11.3 Å². The van der Waals surface area contributed by atoms with E-state index in [2.05, 4.69) is 29.1 Å². The van der Waals surface area contributed by atoms with Gasteiger partial charge in [-0.25, -0.2) is 8.42 Å². The highest BCUT2D eigenvalue weighted by Gasteiger charge is 2.06. The normalized spacial score (nSPS) is 11.3. The molecule has 1 aromatic carbocycles. The summed E-state index contributed by atoms with van der Waals surface area (Å²) in [5, 5.41) is 3.77. The van der Waals surface area contributed by atoms with Gasteiger partial charge in [0.25, 0.3) is 0 Å². The first-order chi connectivity index (χ1) is 9.33. The number of hydrogen-bond acceptors (Lipinski definition) is 4. The molecule has 0 radical (unpaired) electrons. The molecule has 2 N–H and O–H groups in total. The van der Waals surface area contributed by atoms with E-state index in [0.717, 1.165) is 6.26 Å². The molecule has 2 aromatic rings. The summed E-state index contributed by atoms with van der Waals surface area (Å²) in [6.07, 6.45) is 1.11. The van der Waals surface area contributed by atoms with E-state index in [9.17, 15) is 8.42 Å². The molecular formula is C13H15ClN2O2S2. The highest BCUT2D eigenvalue weighted by atomic mass is 35.5. The number of aryl methyl sites for hydroxylation is 1. The van der Waals surface area contributed by atoms with Crippen LogP contribution in [0.15, 0.2) is 30.3 Å². The van der Waals surface area contributed by atoms with Gasteiger partial charge in [0, 0.05) is 16.3 Å². The summed E-state index contributed by atoms with van der Waals surface area (Å²) in [6, 6.07) is 9.09. The van der Waals surface area contributed by atoms with Crippen LogP contribution >= 0.6 is 22.9 Å². The number of hydrogen-bond donors (Lipinski definition) is 2. The fourth-order valence-electron chi connectivity index (χ4n) is 1.70. The number of benzene rings is 1. The maximum atomic E-state index is 11.2. The Morgan fingerprint density at radius 3 is 2.60 bits per heavy atom. The van der Waals surface area contributed by atoms with Crippen LogP contribution in [0.4, 0.5) is 11.4 Å². The molecule has 0 fully saturated rings. The zero-order chi connectivity index (χ0) is 14.8. The Balaban J connectivity index is 2.12. The van der Waals surface area contributed by atoms with Crippen molar-refractivity contribution in [2.75, 3.05) is 16.3 Å². The zero-order valence-corrected chi connectivity index (χ0v) is 13.5. The summed E-state index contributed by atoms with van der Waals surface area (Å²) >= 11 is 7.81. The molecule has 0 aliphatic heterocycles. The third kappa shape index (κ3) is 4.40. The van der Waals surface area contributed by atoms with Crippen molar-refractivity contribution in [2.45, 2.75) is 13.5 Å². The van der Waals surface area contributed by atoms with E-state index in [4.69, 9.17) is 11.6 Å². The fourth-order valence-corrected chi connectivity index (χ4v) is 3.27. The van der Waals surface area contributed by atoms with Crippen LogP contribution in [0.25, 0.3) is 0 Å². The highest BCUT2D eigenvalue weighted by molar-refractivity contribution is 7.92. The van der Waals surface area contributed by atoms with Crippen molar-refractivity contribution in [3.05, 3.63) is 45.1 Å². The van der Waals surface area contributed by atoms with Crippen LogP contribution in [-0.2, 0) is 16.6 Å². The molecular weight excluding hydrogens is 316 g/mol. The lowest BCUT2D eigenvalue weighted by atomic mass is 10.3. The molecule has 1 heterocycles. The van der Waals surface area contributed by atoms with E-state index < -0.39 is 10.0 Å². The standard InChI is InChI=1S/C13H15ClN2O2S2/c1-9-3-5-11(19-9)8-15-13-7-10(4-6-12(13)14)16-20(2,17)18/h3-7,15-16H,8H2,1-2H3. The second kappa shape index (κ2) is 6.03. The molecule has 2 rings (SSSR count). The topological polar surface area (TPSA) is 58.2 Å². The van der Waals surface area contributed by atoms with Crippen LogP contribution in [0.3, 0.4) is 0 Å². The van der Waals surface area contributed by atoms with Crippen LogP contribution in [0.2, 0.25) is 5.02 Å². The van der Waals surface area contributed by atoms with Gasteiger partial charge in [0.2, 0.25) is 10.0 Å². The molecule has 0 atom stereocenters. The van der Waals surface area contributed by atoms with Crippen LogP contribution < -0.4 is 10.0 Å². The Morgan fingerprint density at radius 1 is 1.25 bits per heavy atom. The highest BCUT2D eigenvalue weighted by Crippen LogP contribution is 2.27. The van der Waals surface area contributed by atoms with E-state index >= 15 is 0 Å². The minimum atomic E-state index is -3.29. The number of halogens is 1. The third-order valence-electron chi connectivity index (χ3n) is 2.52. The van der Waals surface area contributed by atoms with E-state index in [-0.39, 0.29) is 0 Å². The van der Waals surface area contributed by atoms with Crippen molar-refractivity contribution in [1.29, 1.82) is 0 Å². The number of rotatable bonds is 5. The van der Waals surface area contributed by atoms with E-state index in [0.29, 0.717) is 22.9 Å². The van der Waals surface area contributed by atoms with Gasteiger partial charge in [-0.05, 0) is 37.3 Å².